The monoisotopic (exact) mass is 425 g/mol. The smallest absolute Gasteiger partial charge is 0.349 e. The highest BCUT2D eigenvalue weighted by atomic mass is 19.1. The van der Waals surface area contributed by atoms with Gasteiger partial charge in [-0.3, -0.25) is 14.2 Å². The summed E-state index contributed by atoms with van der Waals surface area (Å²) in [6, 6.07) is 12.8. The Morgan fingerprint density at radius 3 is 2.55 bits per heavy atom. The molecule has 1 heterocycles. The number of hydrogen-bond acceptors (Lipinski definition) is 5. The zero-order chi connectivity index (χ0) is 22.5. The van der Waals surface area contributed by atoms with Crippen LogP contribution in [0.15, 0.2) is 58.1 Å². The van der Waals surface area contributed by atoms with Gasteiger partial charge in [0.05, 0.1) is 12.2 Å². The number of nitrogens with one attached hydrogen (secondary N) is 1. The van der Waals surface area contributed by atoms with Crippen molar-refractivity contribution >= 4 is 5.91 Å². The van der Waals surface area contributed by atoms with Crippen LogP contribution in [-0.2, 0) is 6.54 Å². The molecule has 0 bridgehead atoms. The fourth-order valence-electron chi connectivity index (χ4n) is 3.00. The number of amides is 1. The van der Waals surface area contributed by atoms with Crippen LogP contribution in [0.2, 0.25) is 0 Å². The van der Waals surface area contributed by atoms with Gasteiger partial charge in [-0.2, -0.15) is 9.78 Å². The van der Waals surface area contributed by atoms with E-state index >= 15 is 0 Å². The third-order valence-electron chi connectivity index (χ3n) is 4.65. The van der Waals surface area contributed by atoms with E-state index in [4.69, 9.17) is 0 Å². The molecule has 8 nitrogen and oxygen atoms in total. The van der Waals surface area contributed by atoms with Crippen molar-refractivity contribution in [2.45, 2.75) is 13.5 Å². The molecular formula is C22H24FN5O3. The van der Waals surface area contributed by atoms with Crippen LogP contribution in [0.3, 0.4) is 0 Å². The summed E-state index contributed by atoms with van der Waals surface area (Å²) in [5, 5.41) is 6.69. The van der Waals surface area contributed by atoms with Crippen LogP contribution >= 0.6 is 0 Å². The summed E-state index contributed by atoms with van der Waals surface area (Å²) < 4.78 is 16.0. The van der Waals surface area contributed by atoms with Gasteiger partial charge in [0.2, 0.25) is 5.69 Å². The Hall–Kier alpha value is -3.59. The Bertz CT molecular complexity index is 1220. The molecule has 0 spiro atoms. The first-order chi connectivity index (χ1) is 14.8. The summed E-state index contributed by atoms with van der Waals surface area (Å²) in [4.78, 5) is 40.6. The molecule has 3 rings (SSSR count). The van der Waals surface area contributed by atoms with Crippen molar-refractivity contribution in [3.8, 4) is 5.69 Å². The first-order valence-corrected chi connectivity index (χ1v) is 9.75. The van der Waals surface area contributed by atoms with E-state index in [0.717, 1.165) is 14.8 Å². The SMILES string of the molecule is Cc1cccc(-n2nc(C(=O)NCCN(C)C)c(=O)n(Cc3ccccc3F)c2=O)c1. The van der Waals surface area contributed by atoms with Crippen LogP contribution in [0.1, 0.15) is 21.6 Å². The summed E-state index contributed by atoms with van der Waals surface area (Å²) in [5.74, 6) is -1.25. The normalized spacial score (nSPS) is 11.0. The predicted molar refractivity (Wildman–Crippen MR) is 115 cm³/mol. The van der Waals surface area contributed by atoms with Crippen LogP contribution in [-0.4, -0.2) is 52.3 Å². The van der Waals surface area contributed by atoms with Crippen LogP contribution in [0, 0.1) is 12.7 Å². The third kappa shape index (κ3) is 5.13. The Kier molecular flexibility index (Phi) is 6.76. The number of carbonyl (C=O) groups is 1. The van der Waals surface area contributed by atoms with Crippen molar-refractivity contribution in [2.24, 2.45) is 0 Å². The van der Waals surface area contributed by atoms with Crippen LogP contribution in [0.4, 0.5) is 4.39 Å². The van der Waals surface area contributed by atoms with Crippen molar-refractivity contribution in [3.63, 3.8) is 0 Å². The molecule has 162 valence electrons. The van der Waals surface area contributed by atoms with E-state index in [0.29, 0.717) is 18.8 Å². The van der Waals surface area contributed by atoms with Crippen molar-refractivity contribution < 1.29 is 9.18 Å². The highest BCUT2D eigenvalue weighted by Crippen LogP contribution is 2.09. The molecule has 1 N–H and O–H groups in total. The summed E-state index contributed by atoms with van der Waals surface area (Å²) in [6.45, 7) is 2.38. The number of aryl methyl sites for hydroxylation is 1. The minimum atomic E-state index is -0.875. The lowest BCUT2D eigenvalue weighted by molar-refractivity contribution is 0.0941. The molecular weight excluding hydrogens is 401 g/mol. The van der Waals surface area contributed by atoms with Crippen molar-refractivity contribution in [2.75, 3.05) is 27.2 Å². The van der Waals surface area contributed by atoms with Gasteiger partial charge in [0, 0.05) is 18.7 Å². The fourth-order valence-corrected chi connectivity index (χ4v) is 3.00. The second kappa shape index (κ2) is 9.48. The Morgan fingerprint density at radius 2 is 1.87 bits per heavy atom. The van der Waals surface area contributed by atoms with Crippen molar-refractivity contribution in [1.29, 1.82) is 0 Å². The van der Waals surface area contributed by atoms with E-state index < -0.39 is 28.7 Å². The summed E-state index contributed by atoms with van der Waals surface area (Å²) in [7, 11) is 3.70. The van der Waals surface area contributed by atoms with Crippen LogP contribution in [0.5, 0.6) is 0 Å². The summed E-state index contributed by atoms with van der Waals surface area (Å²) in [5.41, 5.74) is -0.647. The van der Waals surface area contributed by atoms with E-state index in [1.165, 1.54) is 18.2 Å². The Balaban J connectivity index is 2.13. The minimum absolute atomic E-state index is 0.155. The number of benzene rings is 2. The molecule has 31 heavy (non-hydrogen) atoms. The highest BCUT2D eigenvalue weighted by Gasteiger charge is 2.21. The van der Waals surface area contributed by atoms with Crippen molar-refractivity contribution in [1.82, 2.24) is 24.6 Å². The van der Waals surface area contributed by atoms with E-state index in [9.17, 15) is 18.8 Å². The molecule has 0 aliphatic heterocycles. The average molecular weight is 425 g/mol. The molecule has 9 heteroatoms. The zero-order valence-corrected chi connectivity index (χ0v) is 17.6. The standard InChI is InChI=1S/C22H24FN5O3/c1-15-7-6-9-17(13-15)28-22(31)27(14-16-8-4-5-10-18(16)23)21(30)19(25-28)20(29)24-11-12-26(2)3/h4-10,13H,11-12,14H2,1-3H3,(H,24,29). The van der Waals surface area contributed by atoms with Gasteiger partial charge in [0.1, 0.15) is 5.82 Å². The predicted octanol–water partition coefficient (Wildman–Crippen LogP) is 1.18. The highest BCUT2D eigenvalue weighted by molar-refractivity contribution is 5.91. The van der Waals surface area contributed by atoms with Gasteiger partial charge in [-0.15, -0.1) is 0 Å². The van der Waals surface area contributed by atoms with E-state index in [1.807, 2.05) is 32.0 Å². The molecule has 0 fully saturated rings. The average Bonchev–Trinajstić information content (AvgIpc) is 2.72. The van der Waals surface area contributed by atoms with Gasteiger partial charge in [0.25, 0.3) is 11.5 Å². The van der Waals surface area contributed by atoms with E-state index in [-0.39, 0.29) is 12.1 Å². The Morgan fingerprint density at radius 1 is 1.13 bits per heavy atom. The van der Waals surface area contributed by atoms with Gasteiger partial charge in [-0.1, -0.05) is 30.3 Å². The fraction of sp³-hybridized carbons (Fsp3) is 0.273. The molecule has 0 atom stereocenters. The Labute approximate surface area is 178 Å². The lowest BCUT2D eigenvalue weighted by atomic mass is 10.2. The minimum Gasteiger partial charge on any atom is -0.349 e. The van der Waals surface area contributed by atoms with Gasteiger partial charge < -0.3 is 10.2 Å². The number of likely N-dealkylation sites (N-methyl/N-ethyl adjacent to an activating group) is 1. The molecule has 3 aromatic rings. The maximum atomic E-state index is 14.2. The molecule has 0 saturated heterocycles. The second-order valence-corrected chi connectivity index (χ2v) is 7.42. The molecule has 0 unspecified atom stereocenters. The van der Waals surface area contributed by atoms with Gasteiger partial charge in [-0.05, 0) is 44.8 Å². The number of nitrogens with zero attached hydrogens (tertiary/aromatic N) is 4. The van der Waals surface area contributed by atoms with Crippen LogP contribution in [0.25, 0.3) is 5.69 Å². The topological polar surface area (TPSA) is 89.2 Å². The number of rotatable bonds is 7. The van der Waals surface area contributed by atoms with E-state index in [2.05, 4.69) is 10.4 Å². The molecule has 0 aliphatic carbocycles. The molecule has 1 aromatic heterocycles. The maximum Gasteiger partial charge on any atom is 0.352 e. The lowest BCUT2D eigenvalue weighted by Gasteiger charge is -2.14. The molecule has 0 aliphatic rings. The first kappa shape index (κ1) is 22.1. The lowest BCUT2D eigenvalue weighted by Crippen LogP contribution is -2.46. The molecule has 0 radical (unpaired) electrons. The van der Waals surface area contributed by atoms with Gasteiger partial charge in [0.15, 0.2) is 0 Å². The number of halogens is 1. The third-order valence-corrected chi connectivity index (χ3v) is 4.65. The summed E-state index contributed by atoms with van der Waals surface area (Å²) in [6.07, 6.45) is 0. The molecule has 1 amide bonds. The molecule has 0 saturated carbocycles. The number of aromatic nitrogens is 3. The van der Waals surface area contributed by atoms with Crippen LogP contribution < -0.4 is 16.6 Å². The second-order valence-electron chi connectivity index (χ2n) is 7.42. The number of hydrogen-bond donors (Lipinski definition) is 1. The first-order valence-electron chi connectivity index (χ1n) is 9.75. The zero-order valence-electron chi connectivity index (χ0n) is 17.6. The largest absolute Gasteiger partial charge is 0.352 e. The maximum absolute atomic E-state index is 14.2. The molecule has 2 aromatic carbocycles. The van der Waals surface area contributed by atoms with Gasteiger partial charge >= 0.3 is 5.69 Å². The van der Waals surface area contributed by atoms with Crippen molar-refractivity contribution in [3.05, 3.63) is 92.0 Å². The number of carbonyl (C=O) groups excluding carboxylic acids is 1. The summed E-state index contributed by atoms with van der Waals surface area (Å²) >= 11 is 0. The quantitative estimate of drug-likeness (QED) is 0.614. The van der Waals surface area contributed by atoms with E-state index in [1.54, 1.807) is 24.3 Å². The van der Waals surface area contributed by atoms with Gasteiger partial charge in [-0.25, -0.2) is 9.18 Å².